The molecule has 0 aromatic heterocycles. The Labute approximate surface area is 110 Å². The molecule has 17 heavy (non-hydrogen) atoms. The van der Waals surface area contributed by atoms with Crippen LogP contribution >= 0.6 is 19.8 Å². The maximum absolute atomic E-state index is 11.8. The zero-order chi connectivity index (χ0) is 12.3. The van der Waals surface area contributed by atoms with Crippen LogP contribution in [0.15, 0.2) is 30.3 Å². The number of hydrogen-bond donors (Lipinski definition) is 2. The fraction of sp³-hybridized carbons (Fsp3) is 0.462. The van der Waals surface area contributed by atoms with E-state index in [2.05, 4.69) is 10.2 Å². The van der Waals surface area contributed by atoms with E-state index in [4.69, 9.17) is 5.73 Å². The van der Waals surface area contributed by atoms with Gasteiger partial charge in [0, 0.05) is 0 Å². The van der Waals surface area contributed by atoms with Crippen LogP contribution in [0.25, 0.3) is 0 Å². The molecule has 1 aliphatic rings. The van der Waals surface area contributed by atoms with Gasteiger partial charge in [0.05, 0.1) is 0 Å². The first kappa shape index (κ1) is 12.7. The van der Waals surface area contributed by atoms with Crippen molar-refractivity contribution in [3.05, 3.63) is 30.3 Å². The summed E-state index contributed by atoms with van der Waals surface area (Å²) in [6, 6.07) is 9.89. The van der Waals surface area contributed by atoms with Crippen molar-refractivity contribution in [2.45, 2.75) is 18.4 Å². The normalized spacial score (nSPS) is 20.9. The Bertz CT molecular complexity index is 386. The Balaban J connectivity index is 2.15. The summed E-state index contributed by atoms with van der Waals surface area (Å²) in [5.74, 6) is -0.203. The number of benzene rings is 1. The van der Waals surface area contributed by atoms with Crippen molar-refractivity contribution >= 4 is 31.4 Å². The second kappa shape index (κ2) is 5.25. The fourth-order valence-corrected chi connectivity index (χ4v) is 6.32. The molecule has 1 fully saturated rings. The van der Waals surface area contributed by atoms with Gasteiger partial charge in [0.2, 0.25) is 0 Å². The van der Waals surface area contributed by atoms with Gasteiger partial charge in [-0.15, -0.1) is 0 Å². The third kappa shape index (κ3) is 2.91. The Morgan fingerprint density at radius 1 is 1.29 bits per heavy atom. The van der Waals surface area contributed by atoms with Crippen molar-refractivity contribution in [3.8, 4) is 0 Å². The summed E-state index contributed by atoms with van der Waals surface area (Å²) in [4.78, 5) is 14.2. The molecule has 3 nitrogen and oxygen atoms in total. The maximum atomic E-state index is 11.8. The quantitative estimate of drug-likeness (QED) is 0.652. The van der Waals surface area contributed by atoms with E-state index < -0.39 is 25.4 Å². The molecule has 0 saturated carbocycles. The molecular formula is C13H19IN2O. The van der Waals surface area contributed by atoms with E-state index >= 15 is 0 Å². The summed E-state index contributed by atoms with van der Waals surface area (Å²) in [6.07, 6.45) is 1.80. The molecule has 0 unspecified atom stereocenters. The topological polar surface area (TPSA) is 55.1 Å². The molecule has 1 aromatic rings. The summed E-state index contributed by atoms with van der Waals surface area (Å²) in [6.45, 7) is 0. The molecule has 3 N–H and O–H groups in total. The van der Waals surface area contributed by atoms with Crippen LogP contribution in [0.1, 0.15) is 12.8 Å². The number of alkyl halides is 3. The van der Waals surface area contributed by atoms with Gasteiger partial charge in [-0.1, -0.05) is 0 Å². The van der Waals surface area contributed by atoms with E-state index in [0.717, 1.165) is 18.5 Å². The predicted molar refractivity (Wildman–Crippen MR) is 80.9 cm³/mol. The number of hydrogen-bond acceptors (Lipinski definition) is 2. The number of para-hydroxylation sites is 1. The minimum atomic E-state index is -0.736. The predicted octanol–water partition coefficient (Wildman–Crippen LogP) is 2.25. The zero-order valence-electron chi connectivity index (χ0n) is 10.1. The van der Waals surface area contributed by atoms with Gasteiger partial charge in [-0.25, -0.2) is 0 Å². The van der Waals surface area contributed by atoms with Crippen molar-refractivity contribution in [3.63, 3.8) is 0 Å². The summed E-state index contributed by atoms with van der Waals surface area (Å²) < 4.78 is 2.43. The van der Waals surface area contributed by atoms with Gasteiger partial charge < -0.3 is 0 Å². The van der Waals surface area contributed by atoms with E-state index in [1.807, 2.05) is 30.3 Å². The third-order valence-corrected chi connectivity index (χ3v) is 8.08. The standard InChI is InChI=1S/C13H19IN2O/c1-14-9-7-13(8-10-14,12(15)17)16-11-5-3-2-4-6-11/h2-6,16H,7-10H2,1H3,(H2,15,17). The average molecular weight is 346 g/mol. The molecule has 1 saturated heterocycles. The summed E-state index contributed by atoms with van der Waals surface area (Å²) in [7, 11) is 0. The van der Waals surface area contributed by atoms with Gasteiger partial charge in [0.15, 0.2) is 0 Å². The molecule has 0 radical (unpaired) electrons. The molecule has 0 bridgehead atoms. The van der Waals surface area contributed by atoms with Gasteiger partial charge in [0.25, 0.3) is 0 Å². The molecule has 0 aliphatic carbocycles. The monoisotopic (exact) mass is 346 g/mol. The molecule has 0 spiro atoms. The number of carbonyl (C=O) groups is 1. The number of rotatable bonds is 3. The van der Waals surface area contributed by atoms with E-state index in [0.29, 0.717) is 0 Å². The van der Waals surface area contributed by atoms with Gasteiger partial charge in [-0.3, -0.25) is 0 Å². The summed E-state index contributed by atoms with van der Waals surface area (Å²) >= 11 is -0.736. The number of amides is 1. The number of primary amides is 1. The number of nitrogens with two attached hydrogens (primary N) is 1. The van der Waals surface area contributed by atoms with Crippen LogP contribution in [-0.4, -0.2) is 25.2 Å². The van der Waals surface area contributed by atoms with Crippen molar-refractivity contribution in [2.24, 2.45) is 5.73 Å². The molecule has 4 heteroatoms. The van der Waals surface area contributed by atoms with Crippen LogP contribution in [-0.2, 0) is 4.79 Å². The zero-order valence-corrected chi connectivity index (χ0v) is 12.2. The second-order valence-electron chi connectivity index (χ2n) is 4.54. The van der Waals surface area contributed by atoms with E-state index in [1.165, 1.54) is 8.86 Å². The molecule has 1 aliphatic heterocycles. The van der Waals surface area contributed by atoms with Crippen molar-refractivity contribution < 1.29 is 4.79 Å². The molecule has 1 aromatic carbocycles. The third-order valence-electron chi connectivity index (χ3n) is 3.32. The number of nitrogens with one attached hydrogen (secondary N) is 1. The van der Waals surface area contributed by atoms with Crippen molar-refractivity contribution in [1.82, 2.24) is 0 Å². The molecular weight excluding hydrogens is 327 g/mol. The van der Waals surface area contributed by atoms with Gasteiger partial charge in [-0.2, -0.15) is 0 Å². The second-order valence-corrected chi connectivity index (χ2v) is 10.8. The molecule has 1 heterocycles. The van der Waals surface area contributed by atoms with E-state index in [-0.39, 0.29) is 5.91 Å². The van der Waals surface area contributed by atoms with Gasteiger partial charge in [0.1, 0.15) is 0 Å². The van der Waals surface area contributed by atoms with E-state index in [1.54, 1.807) is 0 Å². The molecule has 0 atom stereocenters. The summed E-state index contributed by atoms with van der Waals surface area (Å²) in [5.41, 5.74) is 6.09. The van der Waals surface area contributed by atoms with Gasteiger partial charge in [-0.05, 0) is 0 Å². The molecule has 2 rings (SSSR count). The van der Waals surface area contributed by atoms with E-state index in [9.17, 15) is 4.79 Å². The van der Waals surface area contributed by atoms with Gasteiger partial charge >= 0.3 is 110 Å². The van der Waals surface area contributed by atoms with Crippen LogP contribution in [0.2, 0.25) is 0 Å². The summed E-state index contributed by atoms with van der Waals surface area (Å²) in [5, 5.41) is 3.36. The number of anilines is 1. The molecule has 94 valence electrons. The van der Waals surface area contributed by atoms with Crippen LogP contribution in [0.3, 0.4) is 0 Å². The Hall–Kier alpha value is -0.780. The Morgan fingerprint density at radius 3 is 2.41 bits per heavy atom. The minimum absolute atomic E-state index is 0.203. The Kier molecular flexibility index (Phi) is 3.91. The van der Waals surface area contributed by atoms with Crippen LogP contribution in [0.4, 0.5) is 5.69 Å². The molecule has 1 amide bonds. The fourth-order valence-electron chi connectivity index (χ4n) is 2.10. The first-order valence-corrected chi connectivity index (χ1v) is 11.0. The SMILES string of the molecule is CI1CCC(Nc2ccccc2)(C(N)=O)CC1. The number of carbonyl (C=O) groups excluding carboxylic acids is 1. The van der Waals surface area contributed by atoms with Crippen LogP contribution < -0.4 is 11.1 Å². The first-order valence-electron chi connectivity index (χ1n) is 5.77. The number of halogens is 1. The van der Waals surface area contributed by atoms with Crippen LogP contribution in [0.5, 0.6) is 0 Å². The Morgan fingerprint density at radius 2 is 1.88 bits per heavy atom. The van der Waals surface area contributed by atoms with Crippen LogP contribution in [0, 0.1) is 0 Å². The average Bonchev–Trinajstić information content (AvgIpc) is 2.33. The first-order chi connectivity index (χ1) is 8.12. The van der Waals surface area contributed by atoms with Crippen molar-refractivity contribution in [2.75, 3.05) is 19.1 Å². The van der Waals surface area contributed by atoms with Crippen molar-refractivity contribution in [1.29, 1.82) is 0 Å².